The SMILES string of the molecule is COCCN1CCn2nc(Nc3cc(-c4nccc(N5CCn6c(cc7c6CC(C)(C)C7)C5=O)c4CO)cn(C)c3=O)cc2C1. The number of ether oxygens (including phenoxy) is 1. The highest BCUT2D eigenvalue weighted by Crippen LogP contribution is 2.40. The van der Waals surface area contributed by atoms with Gasteiger partial charge in [-0.2, -0.15) is 5.10 Å². The van der Waals surface area contributed by atoms with Crippen LogP contribution >= 0.6 is 0 Å². The number of hydrogen-bond acceptors (Lipinski definition) is 8. The lowest BCUT2D eigenvalue weighted by Gasteiger charge is -2.31. The Hall–Kier alpha value is -4.26. The number of carbonyl (C=O) groups is 1. The number of amides is 1. The van der Waals surface area contributed by atoms with Gasteiger partial charge in [0.05, 0.1) is 36.8 Å². The van der Waals surface area contributed by atoms with Crippen LogP contribution < -0.4 is 15.8 Å². The second kappa shape index (κ2) is 11.3. The van der Waals surface area contributed by atoms with Gasteiger partial charge in [-0.15, -0.1) is 0 Å². The number of aliphatic hydroxyl groups is 1. The lowest BCUT2D eigenvalue weighted by molar-refractivity contribution is 0.0963. The highest BCUT2D eigenvalue weighted by molar-refractivity contribution is 6.07. The third kappa shape index (κ3) is 5.26. The number of aliphatic hydroxyl groups excluding tert-OH is 1. The molecule has 12 nitrogen and oxygen atoms in total. The molecule has 0 atom stereocenters. The van der Waals surface area contributed by atoms with Crippen molar-refractivity contribution in [1.82, 2.24) is 28.8 Å². The van der Waals surface area contributed by atoms with Crippen molar-refractivity contribution < 1.29 is 14.6 Å². The van der Waals surface area contributed by atoms with Gasteiger partial charge in [0.25, 0.3) is 11.5 Å². The van der Waals surface area contributed by atoms with Crippen LogP contribution in [0.15, 0.2) is 41.5 Å². The van der Waals surface area contributed by atoms with Crippen LogP contribution in [0.5, 0.6) is 0 Å². The first-order valence-electron chi connectivity index (χ1n) is 15.5. The van der Waals surface area contributed by atoms with E-state index in [9.17, 15) is 14.7 Å². The molecule has 7 rings (SSSR count). The van der Waals surface area contributed by atoms with E-state index < -0.39 is 0 Å². The first kappa shape index (κ1) is 29.5. The summed E-state index contributed by atoms with van der Waals surface area (Å²) in [5.41, 5.74) is 6.98. The number of pyridine rings is 2. The lowest BCUT2D eigenvalue weighted by atomic mass is 9.90. The molecule has 45 heavy (non-hydrogen) atoms. The second-order valence-electron chi connectivity index (χ2n) is 13.1. The van der Waals surface area contributed by atoms with Crippen molar-refractivity contribution in [3.05, 3.63) is 75.2 Å². The normalized spacial score (nSPS) is 17.4. The Morgan fingerprint density at radius 1 is 1.09 bits per heavy atom. The largest absolute Gasteiger partial charge is 0.392 e. The Labute approximate surface area is 261 Å². The molecule has 236 valence electrons. The van der Waals surface area contributed by atoms with Gasteiger partial charge >= 0.3 is 0 Å². The number of carbonyl (C=O) groups excluding carboxylic acids is 1. The summed E-state index contributed by atoms with van der Waals surface area (Å²) in [5.74, 6) is 0.516. The van der Waals surface area contributed by atoms with Gasteiger partial charge in [-0.1, -0.05) is 13.8 Å². The standard InChI is InChI=1S/C33H40N8O4/c1-33(2)16-21-14-27-32(44)40(9-8-39(27)28(21)17-33)26-5-6-34-30(24(26)20-42)22-13-25(31(43)37(3)18-22)35-29-15-23-19-38(11-12-45-4)7-10-41(23)36-29/h5-6,13-15,18,42H,7-12,16-17,19-20H2,1-4H3,(H,35,36). The second-order valence-corrected chi connectivity index (χ2v) is 13.1. The van der Waals surface area contributed by atoms with Gasteiger partial charge in [0.1, 0.15) is 11.4 Å². The molecular formula is C33H40N8O4. The molecule has 12 heteroatoms. The van der Waals surface area contributed by atoms with Crippen LogP contribution in [-0.2, 0) is 50.9 Å². The summed E-state index contributed by atoms with van der Waals surface area (Å²) in [6.45, 7) is 9.34. The van der Waals surface area contributed by atoms with E-state index in [2.05, 4.69) is 39.7 Å². The van der Waals surface area contributed by atoms with Crippen LogP contribution in [0.2, 0.25) is 0 Å². The fourth-order valence-corrected chi connectivity index (χ4v) is 7.14. The number of nitrogens with zero attached hydrogens (tertiary/aromatic N) is 7. The molecule has 2 N–H and O–H groups in total. The maximum Gasteiger partial charge on any atom is 0.274 e. The van der Waals surface area contributed by atoms with Crippen LogP contribution in [0.3, 0.4) is 0 Å². The van der Waals surface area contributed by atoms with Gasteiger partial charge < -0.3 is 29.2 Å². The molecule has 1 aliphatic carbocycles. The van der Waals surface area contributed by atoms with Crippen LogP contribution in [0.25, 0.3) is 11.3 Å². The molecule has 4 aromatic rings. The number of nitrogens with one attached hydrogen (secondary N) is 1. The quantitative estimate of drug-likeness (QED) is 0.312. The van der Waals surface area contributed by atoms with Gasteiger partial charge in [-0.05, 0) is 42.0 Å². The molecule has 0 aromatic carbocycles. The van der Waals surface area contributed by atoms with Crippen molar-refractivity contribution in [2.24, 2.45) is 12.5 Å². The molecule has 3 aliphatic rings. The number of methoxy groups -OCH3 is 1. The predicted molar refractivity (Wildman–Crippen MR) is 171 cm³/mol. The Morgan fingerprint density at radius 3 is 2.73 bits per heavy atom. The number of anilines is 3. The first-order valence-corrected chi connectivity index (χ1v) is 15.5. The van der Waals surface area contributed by atoms with Crippen molar-refractivity contribution in [3.63, 3.8) is 0 Å². The molecule has 0 fully saturated rings. The van der Waals surface area contributed by atoms with Crippen molar-refractivity contribution in [1.29, 1.82) is 0 Å². The molecular weight excluding hydrogens is 572 g/mol. The Bertz CT molecular complexity index is 1850. The minimum absolute atomic E-state index is 0.0762. The molecule has 0 spiro atoms. The maximum absolute atomic E-state index is 13.8. The number of hydrogen-bond donors (Lipinski definition) is 2. The molecule has 2 aliphatic heterocycles. The topological polar surface area (TPSA) is 123 Å². The average molecular weight is 613 g/mol. The fraction of sp³-hybridized carbons (Fsp3) is 0.455. The highest BCUT2D eigenvalue weighted by atomic mass is 16.5. The third-order valence-corrected chi connectivity index (χ3v) is 9.31. The molecule has 0 bridgehead atoms. The summed E-state index contributed by atoms with van der Waals surface area (Å²) < 4.78 is 10.9. The van der Waals surface area contributed by atoms with Gasteiger partial charge in [0.15, 0.2) is 5.82 Å². The molecule has 4 aromatic heterocycles. The van der Waals surface area contributed by atoms with Gasteiger partial charge in [0, 0.05) is 82.2 Å². The summed E-state index contributed by atoms with van der Waals surface area (Å²) in [5, 5.41) is 18.6. The Morgan fingerprint density at radius 2 is 1.93 bits per heavy atom. The summed E-state index contributed by atoms with van der Waals surface area (Å²) in [6, 6.07) is 7.55. The minimum Gasteiger partial charge on any atom is -0.392 e. The van der Waals surface area contributed by atoms with E-state index in [1.165, 1.54) is 15.8 Å². The van der Waals surface area contributed by atoms with E-state index in [-0.39, 0.29) is 23.5 Å². The van der Waals surface area contributed by atoms with Crippen molar-refractivity contribution in [2.45, 2.75) is 52.9 Å². The van der Waals surface area contributed by atoms with E-state index in [0.29, 0.717) is 59.4 Å². The van der Waals surface area contributed by atoms with Crippen molar-refractivity contribution in [2.75, 3.05) is 43.6 Å². The summed E-state index contributed by atoms with van der Waals surface area (Å²) in [4.78, 5) is 35.7. The van der Waals surface area contributed by atoms with E-state index >= 15 is 0 Å². The van der Waals surface area contributed by atoms with E-state index in [1.807, 2.05) is 10.7 Å². The third-order valence-electron chi connectivity index (χ3n) is 9.31. The number of fused-ring (bicyclic) bond motifs is 4. The fourth-order valence-electron chi connectivity index (χ4n) is 7.14. The van der Waals surface area contributed by atoms with Crippen LogP contribution in [-0.4, -0.2) is 73.2 Å². The highest BCUT2D eigenvalue weighted by Gasteiger charge is 2.37. The van der Waals surface area contributed by atoms with Gasteiger partial charge in [-0.25, -0.2) is 0 Å². The molecule has 0 saturated heterocycles. The lowest BCUT2D eigenvalue weighted by Crippen LogP contribution is -2.41. The molecule has 1 amide bonds. The summed E-state index contributed by atoms with van der Waals surface area (Å²) in [7, 11) is 3.39. The zero-order valence-corrected chi connectivity index (χ0v) is 26.3. The van der Waals surface area contributed by atoms with Gasteiger partial charge in [-0.3, -0.25) is 24.2 Å². The van der Waals surface area contributed by atoms with Crippen molar-refractivity contribution in [3.8, 4) is 11.3 Å². The smallest absolute Gasteiger partial charge is 0.274 e. The van der Waals surface area contributed by atoms with E-state index in [1.54, 1.807) is 43.6 Å². The predicted octanol–water partition coefficient (Wildman–Crippen LogP) is 2.93. The van der Waals surface area contributed by atoms with Crippen LogP contribution in [0.1, 0.15) is 46.9 Å². The summed E-state index contributed by atoms with van der Waals surface area (Å²) in [6.07, 6.45) is 5.30. The van der Waals surface area contributed by atoms with Crippen LogP contribution in [0, 0.1) is 5.41 Å². The first-order chi connectivity index (χ1) is 21.7. The monoisotopic (exact) mass is 612 g/mol. The minimum atomic E-state index is -0.313. The molecule has 0 radical (unpaired) electrons. The van der Waals surface area contributed by atoms with Gasteiger partial charge in [0.2, 0.25) is 0 Å². The Kier molecular flexibility index (Phi) is 7.38. The molecule has 0 saturated carbocycles. The number of aryl methyl sites for hydroxylation is 1. The molecule has 0 unspecified atom stereocenters. The molecule has 6 heterocycles. The number of aromatic nitrogens is 5. The van der Waals surface area contributed by atoms with E-state index in [0.717, 1.165) is 44.7 Å². The van der Waals surface area contributed by atoms with E-state index in [4.69, 9.17) is 9.84 Å². The maximum atomic E-state index is 13.8. The number of rotatable bonds is 8. The zero-order valence-electron chi connectivity index (χ0n) is 26.3. The van der Waals surface area contributed by atoms with Crippen LogP contribution in [0.4, 0.5) is 17.2 Å². The summed E-state index contributed by atoms with van der Waals surface area (Å²) >= 11 is 0. The zero-order chi connectivity index (χ0) is 31.5. The average Bonchev–Trinajstić information content (AvgIpc) is 3.67. The Balaban J connectivity index is 1.18. The van der Waals surface area contributed by atoms with Crippen molar-refractivity contribution >= 4 is 23.1 Å².